The number of anilines is 1. The maximum absolute atomic E-state index is 12.9. The van der Waals surface area contributed by atoms with Gasteiger partial charge in [0.25, 0.3) is 5.91 Å². The summed E-state index contributed by atoms with van der Waals surface area (Å²) in [6, 6.07) is 5.30. The summed E-state index contributed by atoms with van der Waals surface area (Å²) in [5.41, 5.74) is 2.96. The summed E-state index contributed by atoms with van der Waals surface area (Å²) in [5, 5.41) is 3.52. The molecule has 0 unspecified atom stereocenters. The lowest BCUT2D eigenvalue weighted by Crippen LogP contribution is -2.16. The van der Waals surface area contributed by atoms with E-state index in [1.807, 2.05) is 0 Å². The first-order valence-corrected chi connectivity index (χ1v) is 10.3. The molecule has 6 heteroatoms. The molecule has 1 aliphatic rings. The average Bonchev–Trinajstić information content (AvgIpc) is 3.06. The van der Waals surface area contributed by atoms with Crippen LogP contribution in [0.3, 0.4) is 0 Å². The van der Waals surface area contributed by atoms with Gasteiger partial charge in [-0.15, -0.1) is 17.9 Å². The summed E-state index contributed by atoms with van der Waals surface area (Å²) < 4.78 is 10.6. The standard InChI is InChI=1S/C22H25NO4S/c1-4-8-14-13-15(11-12-17(14)26-3)20(24)23-21-19(22(25)27-5-2)16-9-6-7-10-18(16)28-21/h4,11-13H,1,5-10H2,2-3H3,(H,23,24). The zero-order valence-corrected chi connectivity index (χ0v) is 17.1. The fourth-order valence-corrected chi connectivity index (χ4v) is 4.76. The zero-order valence-electron chi connectivity index (χ0n) is 16.3. The van der Waals surface area contributed by atoms with Crippen LogP contribution in [-0.2, 0) is 24.0 Å². The first-order valence-electron chi connectivity index (χ1n) is 9.49. The number of rotatable bonds is 7. The van der Waals surface area contributed by atoms with Crippen molar-refractivity contribution in [2.75, 3.05) is 19.0 Å². The second-order valence-corrected chi connectivity index (χ2v) is 7.71. The van der Waals surface area contributed by atoms with Crippen molar-refractivity contribution < 1.29 is 19.1 Å². The fourth-order valence-electron chi connectivity index (χ4n) is 3.48. The van der Waals surface area contributed by atoms with Gasteiger partial charge < -0.3 is 14.8 Å². The van der Waals surface area contributed by atoms with Crippen LogP contribution >= 0.6 is 11.3 Å². The molecule has 1 N–H and O–H groups in total. The molecule has 1 aliphatic carbocycles. The summed E-state index contributed by atoms with van der Waals surface area (Å²) in [6.45, 7) is 5.84. The lowest BCUT2D eigenvalue weighted by molar-refractivity contribution is 0.0526. The summed E-state index contributed by atoms with van der Waals surface area (Å²) in [6.07, 6.45) is 6.31. The minimum Gasteiger partial charge on any atom is -0.496 e. The molecule has 5 nitrogen and oxygen atoms in total. The molecule has 0 fully saturated rings. The van der Waals surface area contributed by atoms with E-state index in [2.05, 4.69) is 11.9 Å². The van der Waals surface area contributed by atoms with Gasteiger partial charge in [0.15, 0.2) is 0 Å². The number of amides is 1. The molecule has 1 heterocycles. The summed E-state index contributed by atoms with van der Waals surface area (Å²) in [5.74, 6) is 0.103. The van der Waals surface area contributed by atoms with E-state index >= 15 is 0 Å². The number of ether oxygens (including phenoxy) is 2. The third-order valence-electron chi connectivity index (χ3n) is 4.78. The molecule has 28 heavy (non-hydrogen) atoms. The van der Waals surface area contributed by atoms with Crippen LogP contribution in [-0.4, -0.2) is 25.6 Å². The van der Waals surface area contributed by atoms with Gasteiger partial charge >= 0.3 is 5.97 Å². The van der Waals surface area contributed by atoms with Crippen LogP contribution in [0.4, 0.5) is 5.00 Å². The highest BCUT2D eigenvalue weighted by Crippen LogP contribution is 2.39. The van der Waals surface area contributed by atoms with Gasteiger partial charge in [-0.1, -0.05) is 6.08 Å². The lowest BCUT2D eigenvalue weighted by atomic mass is 9.95. The molecule has 1 amide bonds. The number of allylic oxidation sites excluding steroid dienone is 1. The second-order valence-electron chi connectivity index (χ2n) is 6.61. The Morgan fingerprint density at radius 3 is 2.79 bits per heavy atom. The van der Waals surface area contributed by atoms with E-state index < -0.39 is 0 Å². The van der Waals surface area contributed by atoms with Crippen molar-refractivity contribution in [1.29, 1.82) is 0 Å². The molecule has 3 rings (SSSR count). The van der Waals surface area contributed by atoms with Crippen molar-refractivity contribution in [3.8, 4) is 5.75 Å². The largest absolute Gasteiger partial charge is 0.496 e. The molecule has 1 aromatic carbocycles. The zero-order chi connectivity index (χ0) is 20.1. The Morgan fingerprint density at radius 2 is 2.07 bits per heavy atom. The molecular weight excluding hydrogens is 374 g/mol. The Labute approximate surface area is 169 Å². The first kappa shape index (κ1) is 20.1. The Hall–Kier alpha value is -2.60. The highest BCUT2D eigenvalue weighted by molar-refractivity contribution is 7.17. The monoisotopic (exact) mass is 399 g/mol. The first-order chi connectivity index (χ1) is 13.6. The minimum atomic E-state index is -0.362. The second kappa shape index (κ2) is 9.06. The number of hydrogen-bond donors (Lipinski definition) is 1. The number of methoxy groups -OCH3 is 1. The van der Waals surface area contributed by atoms with Crippen molar-refractivity contribution in [2.45, 2.75) is 39.0 Å². The van der Waals surface area contributed by atoms with E-state index in [1.54, 1.807) is 38.3 Å². The third-order valence-corrected chi connectivity index (χ3v) is 5.99. The van der Waals surface area contributed by atoms with Gasteiger partial charge in [0.1, 0.15) is 10.8 Å². The molecule has 0 radical (unpaired) electrons. The Kier molecular flexibility index (Phi) is 6.52. The van der Waals surface area contributed by atoms with Gasteiger partial charge in [0, 0.05) is 10.4 Å². The quantitative estimate of drug-likeness (QED) is 0.537. The Bertz CT molecular complexity index is 900. The molecule has 0 saturated heterocycles. The predicted octanol–water partition coefficient (Wildman–Crippen LogP) is 4.79. The smallest absolute Gasteiger partial charge is 0.341 e. The number of carbonyl (C=O) groups is 2. The normalized spacial score (nSPS) is 12.8. The SMILES string of the molecule is C=CCc1cc(C(=O)Nc2sc3c(c2C(=O)OCC)CCCC3)ccc1OC. The average molecular weight is 400 g/mol. The van der Waals surface area contributed by atoms with Gasteiger partial charge in [0.05, 0.1) is 19.3 Å². The van der Waals surface area contributed by atoms with Crippen molar-refractivity contribution in [3.63, 3.8) is 0 Å². The van der Waals surface area contributed by atoms with E-state index in [1.165, 1.54) is 16.2 Å². The van der Waals surface area contributed by atoms with Crippen LogP contribution < -0.4 is 10.1 Å². The third kappa shape index (κ3) is 4.12. The summed E-state index contributed by atoms with van der Waals surface area (Å²) >= 11 is 1.49. The molecule has 148 valence electrons. The Balaban J connectivity index is 1.92. The van der Waals surface area contributed by atoms with E-state index in [-0.39, 0.29) is 11.9 Å². The van der Waals surface area contributed by atoms with Crippen LogP contribution in [0.5, 0.6) is 5.75 Å². The number of aryl methyl sites for hydroxylation is 1. The molecule has 0 aliphatic heterocycles. The number of esters is 1. The predicted molar refractivity (Wildman–Crippen MR) is 112 cm³/mol. The van der Waals surface area contributed by atoms with E-state index in [9.17, 15) is 9.59 Å². The van der Waals surface area contributed by atoms with Crippen LogP contribution in [0.15, 0.2) is 30.9 Å². The van der Waals surface area contributed by atoms with Gasteiger partial charge in [0.2, 0.25) is 0 Å². The maximum Gasteiger partial charge on any atom is 0.341 e. The van der Waals surface area contributed by atoms with E-state index in [4.69, 9.17) is 9.47 Å². The number of nitrogens with one attached hydrogen (secondary N) is 1. The van der Waals surface area contributed by atoms with Crippen molar-refractivity contribution in [2.24, 2.45) is 0 Å². The molecule has 2 aromatic rings. The molecule has 0 spiro atoms. The Morgan fingerprint density at radius 1 is 1.29 bits per heavy atom. The fraction of sp³-hybridized carbons (Fsp3) is 0.364. The molecular formula is C22H25NO4S. The van der Waals surface area contributed by atoms with Crippen molar-refractivity contribution >= 4 is 28.2 Å². The van der Waals surface area contributed by atoms with Gasteiger partial charge in [-0.2, -0.15) is 0 Å². The van der Waals surface area contributed by atoms with Crippen LogP contribution in [0.2, 0.25) is 0 Å². The van der Waals surface area contributed by atoms with Crippen molar-refractivity contribution in [1.82, 2.24) is 0 Å². The molecule has 1 aromatic heterocycles. The van der Waals surface area contributed by atoms with Crippen LogP contribution in [0.25, 0.3) is 0 Å². The lowest BCUT2D eigenvalue weighted by Gasteiger charge is -2.12. The number of fused-ring (bicyclic) bond motifs is 1. The summed E-state index contributed by atoms with van der Waals surface area (Å²) in [7, 11) is 1.60. The minimum absolute atomic E-state index is 0.253. The van der Waals surface area contributed by atoms with Crippen LogP contribution in [0.1, 0.15) is 56.5 Å². The highest BCUT2D eigenvalue weighted by Gasteiger charge is 2.27. The van der Waals surface area contributed by atoms with E-state index in [0.717, 1.165) is 42.6 Å². The number of benzene rings is 1. The maximum atomic E-state index is 12.9. The number of hydrogen-bond acceptors (Lipinski definition) is 5. The van der Waals surface area contributed by atoms with Gasteiger partial charge in [-0.25, -0.2) is 4.79 Å². The molecule has 0 atom stereocenters. The van der Waals surface area contributed by atoms with Crippen molar-refractivity contribution in [3.05, 3.63) is 58.0 Å². The van der Waals surface area contributed by atoms with Gasteiger partial charge in [-0.05, 0) is 68.4 Å². The van der Waals surface area contributed by atoms with E-state index in [0.29, 0.717) is 29.2 Å². The topological polar surface area (TPSA) is 64.6 Å². The number of carbonyl (C=O) groups excluding carboxylic acids is 2. The highest BCUT2D eigenvalue weighted by atomic mass is 32.1. The van der Waals surface area contributed by atoms with Crippen LogP contribution in [0, 0.1) is 0 Å². The van der Waals surface area contributed by atoms with Gasteiger partial charge in [-0.3, -0.25) is 4.79 Å². The summed E-state index contributed by atoms with van der Waals surface area (Å²) in [4.78, 5) is 26.6. The molecule has 0 saturated carbocycles. The molecule has 0 bridgehead atoms. The number of thiophene rings is 1.